The second kappa shape index (κ2) is 7.45. The minimum absolute atomic E-state index is 0.477. The van der Waals surface area contributed by atoms with E-state index in [9.17, 15) is 0 Å². The second-order valence-electron chi connectivity index (χ2n) is 4.51. The standard InChI is InChI=1S/C15H22ClNO/c1-5-17-10-12(11(2)3)9-13-14(16)7-6-8-15(13)18-4/h6-9,11,17H,5,10H2,1-4H3/b12-9-. The first-order chi connectivity index (χ1) is 8.60. The van der Waals surface area contributed by atoms with Gasteiger partial charge < -0.3 is 10.1 Å². The monoisotopic (exact) mass is 267 g/mol. The molecule has 0 saturated carbocycles. The summed E-state index contributed by atoms with van der Waals surface area (Å²) in [5, 5.41) is 4.08. The summed E-state index contributed by atoms with van der Waals surface area (Å²) in [6, 6.07) is 5.72. The first-order valence-electron chi connectivity index (χ1n) is 6.33. The van der Waals surface area contributed by atoms with E-state index in [-0.39, 0.29) is 0 Å². The van der Waals surface area contributed by atoms with Crippen molar-refractivity contribution in [1.82, 2.24) is 5.32 Å². The maximum Gasteiger partial charge on any atom is 0.127 e. The van der Waals surface area contributed by atoms with Gasteiger partial charge in [0.05, 0.1) is 12.1 Å². The van der Waals surface area contributed by atoms with E-state index in [1.165, 1.54) is 5.57 Å². The van der Waals surface area contributed by atoms with Crippen LogP contribution in [0.25, 0.3) is 6.08 Å². The number of benzene rings is 1. The van der Waals surface area contributed by atoms with Gasteiger partial charge in [-0.25, -0.2) is 0 Å². The van der Waals surface area contributed by atoms with Crippen LogP contribution < -0.4 is 10.1 Å². The molecule has 1 aromatic rings. The average Bonchev–Trinajstić information content (AvgIpc) is 2.35. The van der Waals surface area contributed by atoms with Gasteiger partial charge in [0, 0.05) is 12.1 Å². The van der Waals surface area contributed by atoms with Gasteiger partial charge in [-0.2, -0.15) is 0 Å². The van der Waals surface area contributed by atoms with Crippen LogP contribution in [0.15, 0.2) is 23.8 Å². The van der Waals surface area contributed by atoms with Gasteiger partial charge in [-0.3, -0.25) is 0 Å². The lowest BCUT2D eigenvalue weighted by molar-refractivity contribution is 0.414. The fraction of sp³-hybridized carbons (Fsp3) is 0.467. The topological polar surface area (TPSA) is 21.3 Å². The quantitative estimate of drug-likeness (QED) is 0.841. The molecule has 0 amide bonds. The minimum atomic E-state index is 0.477. The number of hydrogen-bond donors (Lipinski definition) is 1. The highest BCUT2D eigenvalue weighted by Gasteiger charge is 2.09. The third kappa shape index (κ3) is 4.04. The van der Waals surface area contributed by atoms with E-state index in [0.717, 1.165) is 29.4 Å². The largest absolute Gasteiger partial charge is 0.496 e. The highest BCUT2D eigenvalue weighted by atomic mass is 35.5. The zero-order chi connectivity index (χ0) is 13.5. The second-order valence-corrected chi connectivity index (χ2v) is 4.92. The smallest absolute Gasteiger partial charge is 0.127 e. The van der Waals surface area contributed by atoms with E-state index < -0.39 is 0 Å². The lowest BCUT2D eigenvalue weighted by Gasteiger charge is -2.14. The summed E-state index contributed by atoms with van der Waals surface area (Å²) in [6.07, 6.45) is 2.13. The van der Waals surface area contributed by atoms with Crippen LogP contribution in [0.3, 0.4) is 0 Å². The fourth-order valence-electron chi connectivity index (χ4n) is 1.71. The number of halogens is 1. The Kier molecular flexibility index (Phi) is 6.23. The van der Waals surface area contributed by atoms with E-state index in [1.807, 2.05) is 18.2 Å². The number of ether oxygens (including phenoxy) is 1. The first-order valence-corrected chi connectivity index (χ1v) is 6.71. The molecule has 0 spiro atoms. The van der Waals surface area contributed by atoms with Crippen LogP contribution >= 0.6 is 11.6 Å². The van der Waals surface area contributed by atoms with Crippen molar-refractivity contribution < 1.29 is 4.74 Å². The summed E-state index contributed by atoms with van der Waals surface area (Å²) in [4.78, 5) is 0. The molecule has 0 unspecified atom stereocenters. The first kappa shape index (κ1) is 15.1. The molecule has 0 heterocycles. The Labute approximate surface area is 115 Å². The molecule has 0 saturated heterocycles. The molecule has 100 valence electrons. The van der Waals surface area contributed by atoms with E-state index in [2.05, 4.69) is 32.2 Å². The number of methoxy groups -OCH3 is 1. The number of rotatable bonds is 6. The van der Waals surface area contributed by atoms with Crippen LogP contribution in [-0.2, 0) is 0 Å². The zero-order valence-corrected chi connectivity index (χ0v) is 12.3. The predicted molar refractivity (Wildman–Crippen MR) is 79.4 cm³/mol. The Bertz CT molecular complexity index is 413. The molecule has 2 nitrogen and oxygen atoms in total. The van der Waals surface area contributed by atoms with Gasteiger partial charge in [0.2, 0.25) is 0 Å². The van der Waals surface area contributed by atoms with Crippen molar-refractivity contribution in [3.63, 3.8) is 0 Å². The molecule has 0 aliphatic heterocycles. The Hall–Kier alpha value is -0.990. The van der Waals surface area contributed by atoms with Crippen LogP contribution in [0, 0.1) is 5.92 Å². The molecular weight excluding hydrogens is 246 g/mol. The Balaban J connectivity index is 3.10. The van der Waals surface area contributed by atoms with Crippen LogP contribution in [0.1, 0.15) is 26.3 Å². The molecule has 18 heavy (non-hydrogen) atoms. The molecule has 0 atom stereocenters. The van der Waals surface area contributed by atoms with Gasteiger partial charge >= 0.3 is 0 Å². The molecule has 0 aliphatic rings. The lowest BCUT2D eigenvalue weighted by Crippen LogP contribution is -2.18. The fourth-order valence-corrected chi connectivity index (χ4v) is 1.93. The van der Waals surface area contributed by atoms with Crippen molar-refractivity contribution in [3.8, 4) is 5.75 Å². The van der Waals surface area contributed by atoms with Gasteiger partial charge in [-0.15, -0.1) is 0 Å². The summed E-state index contributed by atoms with van der Waals surface area (Å²) in [6.45, 7) is 8.32. The third-order valence-corrected chi connectivity index (χ3v) is 3.21. The zero-order valence-electron chi connectivity index (χ0n) is 11.6. The molecule has 1 rings (SSSR count). The van der Waals surface area contributed by atoms with Crippen molar-refractivity contribution in [2.24, 2.45) is 5.92 Å². The molecule has 0 aliphatic carbocycles. The van der Waals surface area contributed by atoms with Crippen molar-refractivity contribution in [2.45, 2.75) is 20.8 Å². The van der Waals surface area contributed by atoms with Crippen LogP contribution in [-0.4, -0.2) is 20.2 Å². The number of likely N-dealkylation sites (N-methyl/N-ethyl adjacent to an activating group) is 1. The number of nitrogens with one attached hydrogen (secondary N) is 1. The minimum Gasteiger partial charge on any atom is -0.496 e. The number of hydrogen-bond acceptors (Lipinski definition) is 2. The molecule has 3 heteroatoms. The summed E-state index contributed by atoms with van der Waals surface area (Å²) < 4.78 is 5.36. The molecule has 0 fully saturated rings. The molecule has 1 N–H and O–H groups in total. The van der Waals surface area contributed by atoms with E-state index in [4.69, 9.17) is 16.3 Å². The molecule has 0 aromatic heterocycles. The molecule has 0 radical (unpaired) electrons. The van der Waals surface area contributed by atoms with Gasteiger partial charge in [-0.1, -0.05) is 44.0 Å². The normalized spacial score (nSPS) is 12.0. The maximum atomic E-state index is 6.25. The summed E-state index contributed by atoms with van der Waals surface area (Å²) in [7, 11) is 1.67. The van der Waals surface area contributed by atoms with Crippen molar-refractivity contribution in [1.29, 1.82) is 0 Å². The molecular formula is C15H22ClNO. The van der Waals surface area contributed by atoms with Gasteiger partial charge in [-0.05, 0) is 30.7 Å². The highest BCUT2D eigenvalue weighted by molar-refractivity contribution is 6.32. The van der Waals surface area contributed by atoms with Gasteiger partial charge in [0.1, 0.15) is 5.75 Å². The van der Waals surface area contributed by atoms with Crippen molar-refractivity contribution in [2.75, 3.05) is 20.2 Å². The van der Waals surface area contributed by atoms with Crippen LogP contribution in [0.5, 0.6) is 5.75 Å². The molecule has 1 aromatic carbocycles. The predicted octanol–water partition coefficient (Wildman–Crippen LogP) is 4.00. The van der Waals surface area contributed by atoms with E-state index in [1.54, 1.807) is 7.11 Å². The molecule has 0 bridgehead atoms. The average molecular weight is 268 g/mol. The third-order valence-electron chi connectivity index (χ3n) is 2.88. The lowest BCUT2D eigenvalue weighted by atomic mass is 9.99. The highest BCUT2D eigenvalue weighted by Crippen LogP contribution is 2.29. The Morgan fingerprint density at radius 1 is 1.44 bits per heavy atom. The SMILES string of the molecule is CCNC/C(=C/c1c(Cl)cccc1OC)C(C)C. The van der Waals surface area contributed by atoms with Gasteiger partial charge in [0.15, 0.2) is 0 Å². The Morgan fingerprint density at radius 2 is 2.17 bits per heavy atom. The van der Waals surface area contributed by atoms with E-state index >= 15 is 0 Å². The maximum absolute atomic E-state index is 6.25. The van der Waals surface area contributed by atoms with Crippen molar-refractivity contribution in [3.05, 3.63) is 34.4 Å². The van der Waals surface area contributed by atoms with E-state index in [0.29, 0.717) is 5.92 Å². The summed E-state index contributed by atoms with van der Waals surface area (Å²) in [5.74, 6) is 1.29. The summed E-state index contributed by atoms with van der Waals surface area (Å²) >= 11 is 6.25. The van der Waals surface area contributed by atoms with Crippen molar-refractivity contribution >= 4 is 17.7 Å². The summed E-state index contributed by atoms with van der Waals surface area (Å²) in [5.41, 5.74) is 2.28. The van der Waals surface area contributed by atoms with Crippen LogP contribution in [0.4, 0.5) is 0 Å². The van der Waals surface area contributed by atoms with Gasteiger partial charge in [0.25, 0.3) is 0 Å². The Morgan fingerprint density at radius 3 is 2.72 bits per heavy atom. The van der Waals surface area contributed by atoms with Crippen LogP contribution in [0.2, 0.25) is 5.02 Å².